The fourth-order valence-corrected chi connectivity index (χ4v) is 4.75. The number of nitrogens with zero attached hydrogens (tertiary/aromatic N) is 2. The zero-order valence-corrected chi connectivity index (χ0v) is 20.3. The summed E-state index contributed by atoms with van der Waals surface area (Å²) >= 11 is 0. The maximum Gasteiger partial charge on any atom is 0.241 e. The number of aliphatic hydroxyl groups is 1. The maximum absolute atomic E-state index is 12.9. The second kappa shape index (κ2) is 11.1. The van der Waals surface area contributed by atoms with Crippen LogP contribution in [0.25, 0.3) is 0 Å². The minimum absolute atomic E-state index is 0.0472. The summed E-state index contributed by atoms with van der Waals surface area (Å²) in [4.78, 5) is 17.4. The van der Waals surface area contributed by atoms with Gasteiger partial charge in [0.15, 0.2) is 0 Å². The highest BCUT2D eigenvalue weighted by Crippen LogP contribution is 2.24. The van der Waals surface area contributed by atoms with Crippen LogP contribution in [-0.4, -0.2) is 60.1 Å². The summed E-state index contributed by atoms with van der Waals surface area (Å²) in [7, 11) is 2.05. The molecule has 0 aromatic heterocycles. The number of piperidine rings is 1. The number of likely N-dealkylation sites (tertiary alicyclic amines) is 1. The van der Waals surface area contributed by atoms with Gasteiger partial charge in [0, 0.05) is 18.8 Å². The monoisotopic (exact) mass is 437 g/mol. The van der Waals surface area contributed by atoms with Gasteiger partial charge in [0.2, 0.25) is 5.91 Å². The van der Waals surface area contributed by atoms with E-state index < -0.39 is 6.10 Å². The predicted octanol–water partition coefficient (Wildman–Crippen LogP) is 4.32. The molecular weight excluding hydrogens is 398 g/mol. The molecule has 5 nitrogen and oxygen atoms in total. The van der Waals surface area contributed by atoms with Gasteiger partial charge in [0.1, 0.15) is 0 Å². The number of aryl methyl sites for hydroxylation is 3. The standard InChI is InChI=1S/C27H39N3O2/c1-19-15-20(2)26(21(3)16-19)28-27(32)22(4)29(5)17-23-11-13-30(14-12-23)18-25(31)24-9-7-6-8-10-24/h6-10,15-16,22-23,25,31H,11-14,17-18H2,1-5H3,(H,28,32). The third kappa shape index (κ3) is 6.41. The fourth-order valence-electron chi connectivity index (χ4n) is 4.75. The molecule has 2 aromatic rings. The predicted molar refractivity (Wildman–Crippen MR) is 132 cm³/mol. The van der Waals surface area contributed by atoms with Crippen molar-refractivity contribution >= 4 is 11.6 Å². The smallest absolute Gasteiger partial charge is 0.241 e. The molecule has 0 bridgehead atoms. The Morgan fingerprint density at radius 2 is 1.72 bits per heavy atom. The molecule has 1 saturated heterocycles. The SMILES string of the molecule is Cc1cc(C)c(NC(=O)C(C)N(C)CC2CCN(CC(O)c3ccccc3)CC2)c(C)c1. The Morgan fingerprint density at radius 1 is 1.12 bits per heavy atom. The van der Waals surface area contributed by atoms with E-state index in [1.165, 1.54) is 5.56 Å². The minimum atomic E-state index is -0.437. The van der Waals surface area contributed by atoms with E-state index in [4.69, 9.17) is 0 Å². The van der Waals surface area contributed by atoms with Crippen LogP contribution < -0.4 is 5.32 Å². The number of anilines is 1. The number of carbonyl (C=O) groups excluding carboxylic acids is 1. The van der Waals surface area contributed by atoms with E-state index >= 15 is 0 Å². The van der Waals surface area contributed by atoms with Crippen molar-refractivity contribution in [3.05, 3.63) is 64.7 Å². The van der Waals surface area contributed by atoms with Crippen LogP contribution in [0.15, 0.2) is 42.5 Å². The number of carbonyl (C=O) groups is 1. The number of hydrogen-bond donors (Lipinski definition) is 2. The molecule has 1 amide bonds. The van der Waals surface area contributed by atoms with Gasteiger partial charge in [-0.15, -0.1) is 0 Å². The summed E-state index contributed by atoms with van der Waals surface area (Å²) < 4.78 is 0. The first-order valence-electron chi connectivity index (χ1n) is 11.8. The highest BCUT2D eigenvalue weighted by Gasteiger charge is 2.26. The van der Waals surface area contributed by atoms with Crippen LogP contribution in [0.5, 0.6) is 0 Å². The molecule has 2 unspecified atom stereocenters. The van der Waals surface area contributed by atoms with Crippen molar-refractivity contribution in [1.82, 2.24) is 9.80 Å². The summed E-state index contributed by atoms with van der Waals surface area (Å²) in [5.74, 6) is 0.620. The number of benzene rings is 2. The van der Waals surface area contributed by atoms with Crippen LogP contribution in [0.1, 0.15) is 48.1 Å². The molecular formula is C27H39N3O2. The number of nitrogens with one attached hydrogen (secondary N) is 1. The molecule has 1 heterocycles. The molecule has 3 rings (SSSR count). The number of hydrogen-bond acceptors (Lipinski definition) is 4. The van der Waals surface area contributed by atoms with E-state index in [9.17, 15) is 9.90 Å². The zero-order valence-electron chi connectivity index (χ0n) is 20.3. The first kappa shape index (κ1) is 24.4. The summed E-state index contributed by atoms with van der Waals surface area (Å²) in [6.45, 7) is 11.7. The molecule has 174 valence electrons. The van der Waals surface area contributed by atoms with E-state index in [0.29, 0.717) is 12.5 Å². The largest absolute Gasteiger partial charge is 0.387 e. The molecule has 0 radical (unpaired) electrons. The molecule has 2 N–H and O–H groups in total. The van der Waals surface area contributed by atoms with Crippen molar-refractivity contribution in [3.8, 4) is 0 Å². The second-order valence-electron chi connectivity index (χ2n) is 9.55. The first-order valence-corrected chi connectivity index (χ1v) is 11.8. The highest BCUT2D eigenvalue weighted by molar-refractivity contribution is 5.95. The third-order valence-electron chi connectivity index (χ3n) is 6.83. The normalized spacial score (nSPS) is 17.3. The number of likely N-dealkylation sites (N-methyl/N-ethyl adjacent to an activating group) is 1. The van der Waals surface area contributed by atoms with E-state index in [1.807, 2.05) is 58.2 Å². The molecule has 5 heteroatoms. The lowest BCUT2D eigenvalue weighted by Gasteiger charge is -2.36. The number of rotatable bonds is 8. The number of amides is 1. The van der Waals surface area contributed by atoms with Gasteiger partial charge in [-0.3, -0.25) is 9.69 Å². The van der Waals surface area contributed by atoms with Crippen LogP contribution in [-0.2, 0) is 4.79 Å². The lowest BCUT2D eigenvalue weighted by atomic mass is 9.95. The number of β-amino-alcohol motifs (C(OH)–C–C–N with tert-alkyl or cyclic N) is 1. The Balaban J connectivity index is 1.46. The number of aliphatic hydroxyl groups excluding tert-OH is 1. The average Bonchev–Trinajstić information content (AvgIpc) is 2.77. The molecule has 1 fully saturated rings. The highest BCUT2D eigenvalue weighted by atomic mass is 16.3. The van der Waals surface area contributed by atoms with Crippen molar-refractivity contribution in [2.24, 2.45) is 5.92 Å². The Morgan fingerprint density at radius 3 is 2.31 bits per heavy atom. The second-order valence-corrected chi connectivity index (χ2v) is 9.55. The minimum Gasteiger partial charge on any atom is -0.387 e. The van der Waals surface area contributed by atoms with Gasteiger partial charge in [-0.25, -0.2) is 0 Å². The average molecular weight is 438 g/mol. The third-order valence-corrected chi connectivity index (χ3v) is 6.83. The summed E-state index contributed by atoms with van der Waals surface area (Å²) in [6.07, 6.45) is 1.75. The Bertz CT molecular complexity index is 868. The van der Waals surface area contributed by atoms with E-state index in [0.717, 1.165) is 54.9 Å². The van der Waals surface area contributed by atoms with Crippen molar-refractivity contribution in [3.63, 3.8) is 0 Å². The molecule has 1 aliphatic rings. The Hall–Kier alpha value is -2.21. The molecule has 32 heavy (non-hydrogen) atoms. The first-order chi connectivity index (χ1) is 15.2. The van der Waals surface area contributed by atoms with Gasteiger partial charge in [-0.2, -0.15) is 0 Å². The maximum atomic E-state index is 12.9. The molecule has 0 aliphatic carbocycles. The van der Waals surface area contributed by atoms with Crippen molar-refractivity contribution in [1.29, 1.82) is 0 Å². The molecule has 0 spiro atoms. The fraction of sp³-hybridized carbons (Fsp3) is 0.519. The van der Waals surface area contributed by atoms with Gasteiger partial charge < -0.3 is 15.3 Å². The van der Waals surface area contributed by atoms with E-state index in [1.54, 1.807) is 0 Å². The van der Waals surface area contributed by atoms with Crippen LogP contribution in [0.2, 0.25) is 0 Å². The Kier molecular flexibility index (Phi) is 8.46. The summed E-state index contributed by atoms with van der Waals surface area (Å²) in [5.41, 5.74) is 5.34. The van der Waals surface area contributed by atoms with Crippen LogP contribution in [0.3, 0.4) is 0 Å². The Labute approximate surface area is 193 Å². The van der Waals surface area contributed by atoms with Gasteiger partial charge in [-0.05, 0) is 83.3 Å². The van der Waals surface area contributed by atoms with Gasteiger partial charge in [0.25, 0.3) is 0 Å². The lowest BCUT2D eigenvalue weighted by Crippen LogP contribution is -2.44. The van der Waals surface area contributed by atoms with Crippen molar-refractivity contribution < 1.29 is 9.90 Å². The van der Waals surface area contributed by atoms with Gasteiger partial charge >= 0.3 is 0 Å². The quantitative estimate of drug-likeness (QED) is 0.646. The van der Waals surface area contributed by atoms with Crippen LogP contribution >= 0.6 is 0 Å². The van der Waals surface area contributed by atoms with E-state index in [-0.39, 0.29) is 11.9 Å². The lowest BCUT2D eigenvalue weighted by molar-refractivity contribution is -0.120. The van der Waals surface area contributed by atoms with Gasteiger partial charge in [-0.1, -0.05) is 48.0 Å². The molecule has 1 aliphatic heterocycles. The van der Waals surface area contributed by atoms with Crippen molar-refractivity contribution in [2.75, 3.05) is 38.5 Å². The van der Waals surface area contributed by atoms with Crippen LogP contribution in [0, 0.1) is 26.7 Å². The van der Waals surface area contributed by atoms with Crippen molar-refractivity contribution in [2.45, 2.75) is 52.7 Å². The zero-order chi connectivity index (χ0) is 23.3. The molecule has 2 atom stereocenters. The summed E-state index contributed by atoms with van der Waals surface area (Å²) in [6, 6.07) is 13.9. The van der Waals surface area contributed by atoms with Gasteiger partial charge in [0.05, 0.1) is 12.1 Å². The molecule has 2 aromatic carbocycles. The van der Waals surface area contributed by atoms with E-state index in [2.05, 4.69) is 34.2 Å². The summed E-state index contributed by atoms with van der Waals surface area (Å²) in [5, 5.41) is 13.7. The topological polar surface area (TPSA) is 55.8 Å². The molecule has 0 saturated carbocycles. The van der Waals surface area contributed by atoms with Crippen LogP contribution in [0.4, 0.5) is 5.69 Å².